The summed E-state index contributed by atoms with van der Waals surface area (Å²) in [5.74, 6) is -0.410. The third-order valence-electron chi connectivity index (χ3n) is 4.41. The molecule has 0 fully saturated rings. The van der Waals surface area contributed by atoms with E-state index in [1.54, 1.807) is 6.26 Å². The molecule has 0 unspecified atom stereocenters. The molecule has 0 radical (unpaired) electrons. The third kappa shape index (κ3) is 4.80. The molecule has 1 amide bonds. The van der Waals surface area contributed by atoms with Crippen LogP contribution in [0.25, 0.3) is 0 Å². The van der Waals surface area contributed by atoms with Gasteiger partial charge in [-0.05, 0) is 43.0 Å². The van der Waals surface area contributed by atoms with Crippen molar-refractivity contribution >= 4 is 44.9 Å². The summed E-state index contributed by atoms with van der Waals surface area (Å²) in [6, 6.07) is 13.6. The van der Waals surface area contributed by atoms with Crippen molar-refractivity contribution in [1.29, 1.82) is 0 Å². The zero-order valence-electron chi connectivity index (χ0n) is 16.4. The fourth-order valence-corrected chi connectivity index (χ4v) is 5.33. The summed E-state index contributed by atoms with van der Waals surface area (Å²) in [6.07, 6.45) is 1.70. The summed E-state index contributed by atoms with van der Waals surface area (Å²) in [5, 5.41) is 7.68. The van der Waals surface area contributed by atoms with E-state index in [4.69, 9.17) is 17.3 Å². The zero-order chi connectivity index (χ0) is 21.9. The standard InChI is InChI=1S/C20H21ClN4O3S2/c1-13-3-5-14(6-4-13)11-23-17(26)12-25-19(22)18(20(24-25)29-2)30(27,28)16-9-7-15(21)8-10-16/h3-10H,11-12,22H2,1-2H3,(H,23,26). The molecule has 1 heterocycles. The van der Waals surface area contributed by atoms with Crippen molar-refractivity contribution in [2.45, 2.75) is 34.8 Å². The number of aryl methyl sites for hydroxylation is 1. The van der Waals surface area contributed by atoms with Gasteiger partial charge in [0.2, 0.25) is 15.7 Å². The van der Waals surface area contributed by atoms with Crippen LogP contribution in [0.15, 0.2) is 63.3 Å². The molecule has 3 N–H and O–H groups in total. The second-order valence-electron chi connectivity index (χ2n) is 6.60. The molecular formula is C20H21ClN4O3S2. The van der Waals surface area contributed by atoms with Crippen molar-refractivity contribution in [3.63, 3.8) is 0 Å². The molecule has 7 nitrogen and oxygen atoms in total. The molecule has 0 aliphatic rings. The highest BCUT2D eigenvalue weighted by atomic mass is 35.5. The molecule has 0 saturated heterocycles. The number of nitrogens with two attached hydrogens (primary N) is 1. The quantitative estimate of drug-likeness (QED) is 0.519. The zero-order valence-corrected chi connectivity index (χ0v) is 18.8. The number of nitrogens with one attached hydrogen (secondary N) is 1. The maximum Gasteiger partial charge on any atom is 0.242 e. The minimum absolute atomic E-state index is 0.0530. The van der Waals surface area contributed by atoms with E-state index in [9.17, 15) is 13.2 Å². The minimum atomic E-state index is -3.92. The highest BCUT2D eigenvalue weighted by molar-refractivity contribution is 7.99. The lowest BCUT2D eigenvalue weighted by molar-refractivity contribution is -0.122. The van der Waals surface area contributed by atoms with Gasteiger partial charge in [-0.25, -0.2) is 13.1 Å². The molecule has 10 heteroatoms. The van der Waals surface area contributed by atoms with Crippen molar-refractivity contribution in [3.05, 3.63) is 64.7 Å². The minimum Gasteiger partial charge on any atom is -0.383 e. The van der Waals surface area contributed by atoms with Crippen LogP contribution in [0.5, 0.6) is 0 Å². The van der Waals surface area contributed by atoms with E-state index < -0.39 is 9.84 Å². The Hall–Kier alpha value is -2.49. The number of sulfone groups is 1. The number of benzene rings is 2. The molecule has 0 aliphatic heterocycles. The number of rotatable bonds is 7. The Morgan fingerprint density at radius 2 is 1.80 bits per heavy atom. The number of carbonyl (C=O) groups is 1. The van der Waals surface area contributed by atoms with E-state index >= 15 is 0 Å². The summed E-state index contributed by atoms with van der Waals surface area (Å²) in [6.45, 7) is 2.15. The van der Waals surface area contributed by atoms with Crippen molar-refractivity contribution in [2.24, 2.45) is 0 Å². The van der Waals surface area contributed by atoms with Crippen LogP contribution in [-0.2, 0) is 27.7 Å². The van der Waals surface area contributed by atoms with E-state index in [1.807, 2.05) is 31.2 Å². The number of hydrogen-bond acceptors (Lipinski definition) is 6. The number of aromatic nitrogens is 2. The summed E-state index contributed by atoms with van der Waals surface area (Å²) in [5.41, 5.74) is 8.20. The van der Waals surface area contributed by atoms with E-state index in [0.29, 0.717) is 11.6 Å². The average Bonchev–Trinajstić information content (AvgIpc) is 3.04. The summed E-state index contributed by atoms with van der Waals surface area (Å²) in [7, 11) is -3.92. The summed E-state index contributed by atoms with van der Waals surface area (Å²) >= 11 is 7.00. The van der Waals surface area contributed by atoms with Gasteiger partial charge in [0, 0.05) is 11.6 Å². The number of anilines is 1. The second kappa shape index (κ2) is 9.11. The molecule has 158 valence electrons. The largest absolute Gasteiger partial charge is 0.383 e. The molecule has 0 saturated carbocycles. The van der Waals surface area contributed by atoms with Gasteiger partial charge in [-0.2, -0.15) is 5.10 Å². The van der Waals surface area contributed by atoms with Crippen LogP contribution >= 0.6 is 23.4 Å². The number of thioether (sulfide) groups is 1. The molecule has 2 aromatic carbocycles. The predicted octanol–water partition coefficient (Wildman–Crippen LogP) is 3.30. The van der Waals surface area contributed by atoms with Crippen LogP contribution < -0.4 is 11.1 Å². The van der Waals surface area contributed by atoms with Gasteiger partial charge in [0.15, 0.2) is 0 Å². The first kappa shape index (κ1) is 22.2. The van der Waals surface area contributed by atoms with Crippen molar-refractivity contribution in [2.75, 3.05) is 12.0 Å². The van der Waals surface area contributed by atoms with Crippen LogP contribution in [0.1, 0.15) is 11.1 Å². The lowest BCUT2D eigenvalue weighted by Gasteiger charge is -2.08. The number of hydrogen-bond donors (Lipinski definition) is 2. The van der Waals surface area contributed by atoms with Crippen molar-refractivity contribution in [1.82, 2.24) is 15.1 Å². The normalized spacial score (nSPS) is 11.4. The van der Waals surface area contributed by atoms with Crippen LogP contribution in [0.4, 0.5) is 5.82 Å². The van der Waals surface area contributed by atoms with Crippen molar-refractivity contribution < 1.29 is 13.2 Å². The molecule has 30 heavy (non-hydrogen) atoms. The van der Waals surface area contributed by atoms with Gasteiger partial charge in [0.25, 0.3) is 0 Å². The third-order valence-corrected chi connectivity index (χ3v) is 7.29. The Bertz CT molecular complexity index is 1160. The molecule has 1 aromatic heterocycles. The Morgan fingerprint density at radius 3 is 2.40 bits per heavy atom. The SMILES string of the molecule is CSc1nn(CC(=O)NCc2ccc(C)cc2)c(N)c1S(=O)(=O)c1ccc(Cl)cc1. The molecule has 0 spiro atoms. The van der Waals surface area contributed by atoms with Gasteiger partial charge in [-0.3, -0.25) is 4.79 Å². The number of halogens is 1. The second-order valence-corrected chi connectivity index (χ2v) is 9.72. The Kier molecular flexibility index (Phi) is 6.74. The van der Waals surface area contributed by atoms with E-state index in [0.717, 1.165) is 22.9 Å². The molecule has 0 bridgehead atoms. The maximum absolute atomic E-state index is 13.1. The lowest BCUT2D eigenvalue weighted by Crippen LogP contribution is -2.28. The average molecular weight is 465 g/mol. The highest BCUT2D eigenvalue weighted by Gasteiger charge is 2.29. The van der Waals surface area contributed by atoms with Gasteiger partial charge in [0.1, 0.15) is 22.3 Å². The molecule has 3 aromatic rings. The Balaban J connectivity index is 1.81. The van der Waals surface area contributed by atoms with Gasteiger partial charge in [0.05, 0.1) is 4.90 Å². The van der Waals surface area contributed by atoms with E-state index in [2.05, 4.69) is 10.4 Å². The first-order valence-corrected chi connectivity index (χ1v) is 12.0. The van der Waals surface area contributed by atoms with Gasteiger partial charge in [-0.15, -0.1) is 11.8 Å². The first-order valence-electron chi connectivity index (χ1n) is 8.95. The highest BCUT2D eigenvalue weighted by Crippen LogP contribution is 2.34. The number of nitrogen functional groups attached to an aromatic ring is 1. The van der Waals surface area contributed by atoms with E-state index in [-0.39, 0.29) is 33.1 Å². The Morgan fingerprint density at radius 1 is 1.17 bits per heavy atom. The topological polar surface area (TPSA) is 107 Å². The smallest absolute Gasteiger partial charge is 0.242 e. The number of carbonyl (C=O) groups excluding carboxylic acids is 1. The summed E-state index contributed by atoms with van der Waals surface area (Å²) < 4.78 is 27.4. The molecular weight excluding hydrogens is 444 g/mol. The predicted molar refractivity (Wildman–Crippen MR) is 118 cm³/mol. The van der Waals surface area contributed by atoms with Gasteiger partial charge in [-0.1, -0.05) is 41.4 Å². The van der Waals surface area contributed by atoms with Crippen LogP contribution in [0, 0.1) is 6.92 Å². The molecule has 0 aliphatic carbocycles. The van der Waals surface area contributed by atoms with Gasteiger partial charge < -0.3 is 11.1 Å². The Labute approximate surface area is 184 Å². The maximum atomic E-state index is 13.1. The number of amides is 1. The number of nitrogens with zero attached hydrogens (tertiary/aromatic N) is 2. The first-order chi connectivity index (χ1) is 14.2. The lowest BCUT2D eigenvalue weighted by atomic mass is 10.1. The monoisotopic (exact) mass is 464 g/mol. The van der Waals surface area contributed by atoms with Crippen LogP contribution in [0.3, 0.4) is 0 Å². The van der Waals surface area contributed by atoms with E-state index in [1.165, 1.54) is 28.9 Å². The summed E-state index contributed by atoms with van der Waals surface area (Å²) in [4.78, 5) is 12.3. The molecule has 0 atom stereocenters. The van der Waals surface area contributed by atoms with Crippen molar-refractivity contribution in [3.8, 4) is 0 Å². The molecule has 3 rings (SSSR count). The fourth-order valence-electron chi connectivity index (χ4n) is 2.77. The van der Waals surface area contributed by atoms with Crippen LogP contribution in [0.2, 0.25) is 5.02 Å². The van der Waals surface area contributed by atoms with Crippen LogP contribution in [-0.4, -0.2) is 30.4 Å². The fraction of sp³-hybridized carbons (Fsp3) is 0.200. The van der Waals surface area contributed by atoms with Gasteiger partial charge >= 0.3 is 0 Å².